The Labute approximate surface area is 88.0 Å². The molecule has 0 saturated heterocycles. The summed E-state index contributed by atoms with van der Waals surface area (Å²) < 4.78 is 5.14. The number of hydrogen-bond acceptors (Lipinski definition) is 4. The second kappa shape index (κ2) is 4.04. The van der Waals surface area contributed by atoms with Gasteiger partial charge in [0.05, 0.1) is 7.11 Å². The van der Waals surface area contributed by atoms with E-state index in [0.29, 0.717) is 11.6 Å². The molecule has 15 heavy (non-hydrogen) atoms. The van der Waals surface area contributed by atoms with Crippen LogP contribution in [0.5, 0.6) is 5.75 Å². The molecule has 0 aliphatic rings. The third kappa shape index (κ3) is 2.10. The Hall–Kier alpha value is -1.97. The summed E-state index contributed by atoms with van der Waals surface area (Å²) in [7, 11) is 1.64. The maximum atomic E-state index is 5.14. The van der Waals surface area contributed by atoms with E-state index in [4.69, 9.17) is 4.74 Å². The van der Waals surface area contributed by atoms with Gasteiger partial charge in [-0.25, -0.2) is 15.0 Å². The van der Waals surface area contributed by atoms with E-state index in [-0.39, 0.29) is 0 Å². The Morgan fingerprint density at radius 2 is 2.07 bits per heavy atom. The standard InChI is InChI=1S/C11H11N3O/c1-8-12-7-13-11(14-8)9-4-3-5-10(6-9)15-2/h3-7H,1-2H3. The maximum Gasteiger partial charge on any atom is 0.163 e. The molecule has 1 aromatic heterocycles. The normalized spacial score (nSPS) is 10.0. The van der Waals surface area contributed by atoms with E-state index in [1.165, 1.54) is 6.33 Å². The summed E-state index contributed by atoms with van der Waals surface area (Å²) in [5.74, 6) is 2.18. The fourth-order valence-electron chi connectivity index (χ4n) is 1.28. The first kappa shape index (κ1) is 9.58. The fourth-order valence-corrected chi connectivity index (χ4v) is 1.28. The van der Waals surface area contributed by atoms with Gasteiger partial charge in [0, 0.05) is 5.56 Å². The Morgan fingerprint density at radius 3 is 2.80 bits per heavy atom. The summed E-state index contributed by atoms with van der Waals surface area (Å²) in [6, 6.07) is 7.64. The van der Waals surface area contributed by atoms with Gasteiger partial charge in [-0.1, -0.05) is 12.1 Å². The molecule has 2 aromatic rings. The van der Waals surface area contributed by atoms with Crippen molar-refractivity contribution in [3.05, 3.63) is 36.4 Å². The van der Waals surface area contributed by atoms with Crippen LogP contribution in [0.3, 0.4) is 0 Å². The molecule has 0 radical (unpaired) electrons. The van der Waals surface area contributed by atoms with Crippen LogP contribution in [0, 0.1) is 6.92 Å². The molecule has 0 atom stereocenters. The second-order valence-corrected chi connectivity index (χ2v) is 3.09. The van der Waals surface area contributed by atoms with E-state index in [9.17, 15) is 0 Å². The zero-order chi connectivity index (χ0) is 10.7. The van der Waals surface area contributed by atoms with Crippen LogP contribution in [0.15, 0.2) is 30.6 Å². The average molecular weight is 201 g/mol. The highest BCUT2D eigenvalue weighted by Crippen LogP contribution is 2.19. The number of aryl methyl sites for hydroxylation is 1. The van der Waals surface area contributed by atoms with Crippen molar-refractivity contribution in [1.29, 1.82) is 0 Å². The van der Waals surface area contributed by atoms with E-state index in [1.54, 1.807) is 7.11 Å². The monoisotopic (exact) mass is 201 g/mol. The molecule has 2 rings (SSSR count). The fraction of sp³-hybridized carbons (Fsp3) is 0.182. The lowest BCUT2D eigenvalue weighted by Gasteiger charge is -2.03. The highest BCUT2D eigenvalue weighted by atomic mass is 16.5. The molecule has 4 nitrogen and oxygen atoms in total. The SMILES string of the molecule is COc1cccc(-c2ncnc(C)n2)c1. The van der Waals surface area contributed by atoms with E-state index in [1.807, 2.05) is 31.2 Å². The molecule has 76 valence electrons. The number of aromatic nitrogens is 3. The van der Waals surface area contributed by atoms with E-state index in [2.05, 4.69) is 15.0 Å². The molecule has 1 heterocycles. The number of nitrogens with zero attached hydrogens (tertiary/aromatic N) is 3. The van der Waals surface area contributed by atoms with Crippen LogP contribution in [-0.4, -0.2) is 22.1 Å². The quantitative estimate of drug-likeness (QED) is 0.744. The van der Waals surface area contributed by atoms with Gasteiger partial charge < -0.3 is 4.74 Å². The molecule has 0 spiro atoms. The smallest absolute Gasteiger partial charge is 0.163 e. The van der Waals surface area contributed by atoms with Gasteiger partial charge in [-0.05, 0) is 19.1 Å². The summed E-state index contributed by atoms with van der Waals surface area (Å²) in [6.07, 6.45) is 1.51. The van der Waals surface area contributed by atoms with Crippen LogP contribution in [-0.2, 0) is 0 Å². The third-order valence-electron chi connectivity index (χ3n) is 2.02. The lowest BCUT2D eigenvalue weighted by Crippen LogP contribution is -1.94. The number of rotatable bonds is 2. The van der Waals surface area contributed by atoms with Crippen LogP contribution in [0.4, 0.5) is 0 Å². The lowest BCUT2D eigenvalue weighted by molar-refractivity contribution is 0.415. The number of hydrogen-bond donors (Lipinski definition) is 0. The molecule has 0 saturated carbocycles. The van der Waals surface area contributed by atoms with Gasteiger partial charge >= 0.3 is 0 Å². The van der Waals surface area contributed by atoms with Gasteiger partial charge in [-0.2, -0.15) is 0 Å². The van der Waals surface area contributed by atoms with Gasteiger partial charge in [0.1, 0.15) is 17.9 Å². The van der Waals surface area contributed by atoms with Crippen molar-refractivity contribution in [2.45, 2.75) is 6.92 Å². The second-order valence-electron chi connectivity index (χ2n) is 3.09. The average Bonchev–Trinajstić information content (AvgIpc) is 2.29. The Bertz CT molecular complexity index is 471. The maximum absolute atomic E-state index is 5.14. The van der Waals surface area contributed by atoms with Crippen LogP contribution in [0.2, 0.25) is 0 Å². The van der Waals surface area contributed by atoms with E-state index < -0.39 is 0 Å². The van der Waals surface area contributed by atoms with Gasteiger partial charge in [-0.3, -0.25) is 0 Å². The molecular formula is C11H11N3O. The van der Waals surface area contributed by atoms with Crippen molar-refractivity contribution in [3.8, 4) is 17.1 Å². The molecule has 0 unspecified atom stereocenters. The third-order valence-corrected chi connectivity index (χ3v) is 2.02. The summed E-state index contributed by atoms with van der Waals surface area (Å²) >= 11 is 0. The molecule has 0 bridgehead atoms. The van der Waals surface area contributed by atoms with Crippen molar-refractivity contribution in [2.24, 2.45) is 0 Å². The predicted octanol–water partition coefficient (Wildman–Crippen LogP) is 1.86. The van der Waals surface area contributed by atoms with Crippen molar-refractivity contribution < 1.29 is 4.74 Å². The minimum absolute atomic E-state index is 0.668. The topological polar surface area (TPSA) is 47.9 Å². The van der Waals surface area contributed by atoms with Crippen molar-refractivity contribution >= 4 is 0 Å². The first-order chi connectivity index (χ1) is 7.29. The molecule has 0 aliphatic carbocycles. The van der Waals surface area contributed by atoms with Crippen LogP contribution in [0.25, 0.3) is 11.4 Å². The van der Waals surface area contributed by atoms with Gasteiger partial charge in [0.2, 0.25) is 0 Å². The van der Waals surface area contributed by atoms with Crippen LogP contribution in [0.1, 0.15) is 5.82 Å². The molecule has 0 amide bonds. The molecule has 4 heteroatoms. The predicted molar refractivity (Wildman–Crippen MR) is 56.6 cm³/mol. The molecule has 0 fully saturated rings. The molecule has 1 aromatic carbocycles. The number of methoxy groups -OCH3 is 1. The zero-order valence-electron chi connectivity index (χ0n) is 8.64. The molecule has 0 aliphatic heterocycles. The van der Waals surface area contributed by atoms with E-state index in [0.717, 1.165) is 11.3 Å². The first-order valence-electron chi connectivity index (χ1n) is 4.59. The van der Waals surface area contributed by atoms with Gasteiger partial charge in [0.15, 0.2) is 5.82 Å². The zero-order valence-corrected chi connectivity index (χ0v) is 8.64. The highest BCUT2D eigenvalue weighted by Gasteiger charge is 2.02. The van der Waals surface area contributed by atoms with Crippen LogP contribution < -0.4 is 4.74 Å². The Kier molecular flexibility index (Phi) is 2.58. The lowest BCUT2D eigenvalue weighted by atomic mass is 10.2. The number of ether oxygens (including phenoxy) is 1. The highest BCUT2D eigenvalue weighted by molar-refractivity contribution is 5.56. The first-order valence-corrected chi connectivity index (χ1v) is 4.59. The largest absolute Gasteiger partial charge is 0.497 e. The van der Waals surface area contributed by atoms with Crippen molar-refractivity contribution in [1.82, 2.24) is 15.0 Å². The Balaban J connectivity index is 2.44. The van der Waals surface area contributed by atoms with Gasteiger partial charge in [-0.15, -0.1) is 0 Å². The summed E-state index contributed by atoms with van der Waals surface area (Å²) in [4.78, 5) is 12.3. The Morgan fingerprint density at radius 1 is 1.20 bits per heavy atom. The van der Waals surface area contributed by atoms with E-state index >= 15 is 0 Å². The minimum Gasteiger partial charge on any atom is -0.497 e. The summed E-state index contributed by atoms with van der Waals surface area (Å²) in [5.41, 5.74) is 0.930. The number of benzene rings is 1. The molecule has 0 N–H and O–H groups in total. The van der Waals surface area contributed by atoms with Crippen molar-refractivity contribution in [3.63, 3.8) is 0 Å². The van der Waals surface area contributed by atoms with Gasteiger partial charge in [0.25, 0.3) is 0 Å². The molecular weight excluding hydrogens is 190 g/mol. The van der Waals surface area contributed by atoms with Crippen LogP contribution >= 0.6 is 0 Å². The summed E-state index contributed by atoms with van der Waals surface area (Å²) in [6.45, 7) is 1.84. The minimum atomic E-state index is 0.668. The summed E-state index contributed by atoms with van der Waals surface area (Å²) in [5, 5.41) is 0. The van der Waals surface area contributed by atoms with Crippen molar-refractivity contribution in [2.75, 3.05) is 7.11 Å².